The van der Waals surface area contributed by atoms with Gasteiger partial charge in [0.25, 0.3) is 11.8 Å². The van der Waals surface area contributed by atoms with Gasteiger partial charge in [0, 0.05) is 55.8 Å². The van der Waals surface area contributed by atoms with Crippen LogP contribution in [-0.4, -0.2) is 60.3 Å². The van der Waals surface area contributed by atoms with Crippen molar-refractivity contribution in [2.45, 2.75) is 19.4 Å². The number of amides is 3. The zero-order valence-electron chi connectivity index (χ0n) is 24.3. The minimum Gasteiger partial charge on any atom is -0.494 e. The van der Waals surface area contributed by atoms with Gasteiger partial charge in [0.2, 0.25) is 5.91 Å². The number of aromatic nitrogens is 2. The van der Waals surface area contributed by atoms with E-state index in [-0.39, 0.29) is 48.0 Å². The Labute approximate surface area is 250 Å². The summed E-state index contributed by atoms with van der Waals surface area (Å²) < 4.78 is 5.76. The molecule has 11 heteroatoms. The molecule has 3 amide bonds. The maximum absolute atomic E-state index is 13.0. The van der Waals surface area contributed by atoms with E-state index in [1.54, 1.807) is 49.7 Å². The molecular weight excluding hydrogens is 546 g/mol. The van der Waals surface area contributed by atoms with E-state index in [2.05, 4.69) is 38.6 Å². The molecule has 0 radical (unpaired) electrons. The van der Waals surface area contributed by atoms with Crippen LogP contribution in [0.15, 0.2) is 78.8 Å². The molecule has 0 unspecified atom stereocenters. The summed E-state index contributed by atoms with van der Waals surface area (Å²) in [5.74, 6) is -0.120. The SMILES string of the molecule is C=C(C(=O)NC)/C(=C\CNC(=O)C1CC1)Nc1cccc(-c2ccc(C(=O)N(C)Cc3cc(C#N)ccn3)nc2)c1OC. The number of anilines is 1. The zero-order chi connectivity index (χ0) is 30.9. The molecule has 1 fully saturated rings. The van der Waals surface area contributed by atoms with Gasteiger partial charge in [0.15, 0.2) is 0 Å². The smallest absolute Gasteiger partial charge is 0.272 e. The van der Waals surface area contributed by atoms with E-state index >= 15 is 0 Å². The third-order valence-electron chi connectivity index (χ3n) is 6.83. The number of carbonyl (C=O) groups excluding carboxylic acids is 3. The molecule has 0 atom stereocenters. The molecule has 3 aromatic rings. The number of nitrogens with one attached hydrogen (secondary N) is 3. The zero-order valence-corrected chi connectivity index (χ0v) is 24.3. The predicted octanol–water partition coefficient (Wildman–Crippen LogP) is 3.42. The number of likely N-dealkylation sites (N-methyl/N-ethyl adjacent to an activating group) is 1. The van der Waals surface area contributed by atoms with Crippen LogP contribution in [0, 0.1) is 17.2 Å². The molecule has 0 spiro atoms. The number of rotatable bonds is 12. The van der Waals surface area contributed by atoms with Crippen LogP contribution in [0.25, 0.3) is 11.1 Å². The molecule has 1 aliphatic carbocycles. The van der Waals surface area contributed by atoms with Crippen LogP contribution in [0.1, 0.15) is 34.6 Å². The molecule has 3 N–H and O–H groups in total. The standard InChI is InChI=1S/C32H33N7O4/c1-20(30(40)34-2)26(13-15-36-31(41)22-8-9-22)38-27-7-5-6-25(29(27)43-4)23-10-11-28(37-18-23)32(42)39(3)19-24-16-21(17-33)12-14-35-24/h5-7,10-14,16,18,22,38H,1,8-9,15,19H2,2-4H3,(H,34,40)(H,36,41)/b26-13+. The predicted molar refractivity (Wildman–Crippen MR) is 162 cm³/mol. The van der Waals surface area contributed by atoms with Crippen LogP contribution < -0.4 is 20.7 Å². The maximum atomic E-state index is 13.0. The first-order valence-electron chi connectivity index (χ1n) is 13.7. The summed E-state index contributed by atoms with van der Waals surface area (Å²) in [5.41, 5.74) is 3.90. The number of nitriles is 1. The van der Waals surface area contributed by atoms with Crippen LogP contribution in [0.5, 0.6) is 5.75 Å². The van der Waals surface area contributed by atoms with Gasteiger partial charge in [-0.05, 0) is 43.2 Å². The molecule has 2 aromatic heterocycles. The lowest BCUT2D eigenvalue weighted by Gasteiger charge is -2.19. The molecular formula is C32H33N7O4. The summed E-state index contributed by atoms with van der Waals surface area (Å²) in [4.78, 5) is 47.6. The fourth-order valence-electron chi connectivity index (χ4n) is 4.32. The Balaban J connectivity index is 1.53. The van der Waals surface area contributed by atoms with Crippen molar-refractivity contribution in [2.75, 3.05) is 33.1 Å². The van der Waals surface area contributed by atoms with Crippen LogP contribution in [0.2, 0.25) is 0 Å². The van der Waals surface area contributed by atoms with Crippen LogP contribution >= 0.6 is 0 Å². The third kappa shape index (κ3) is 7.62. The molecule has 0 aliphatic heterocycles. The topological polar surface area (TPSA) is 149 Å². The van der Waals surface area contributed by atoms with Gasteiger partial charge in [-0.15, -0.1) is 0 Å². The van der Waals surface area contributed by atoms with Gasteiger partial charge in [-0.25, -0.2) is 0 Å². The van der Waals surface area contributed by atoms with Crippen molar-refractivity contribution < 1.29 is 19.1 Å². The van der Waals surface area contributed by atoms with Crippen molar-refractivity contribution in [3.63, 3.8) is 0 Å². The highest BCUT2D eigenvalue weighted by atomic mass is 16.5. The summed E-state index contributed by atoms with van der Waals surface area (Å²) in [6.45, 7) is 4.37. The fraction of sp³-hybridized carbons (Fsp3) is 0.250. The number of hydrogen-bond donors (Lipinski definition) is 3. The summed E-state index contributed by atoms with van der Waals surface area (Å²) in [6, 6.07) is 14.2. The molecule has 0 bridgehead atoms. The van der Waals surface area contributed by atoms with E-state index in [1.807, 2.05) is 12.1 Å². The molecule has 1 aliphatic rings. The van der Waals surface area contributed by atoms with E-state index in [4.69, 9.17) is 10.00 Å². The number of ether oxygens (including phenoxy) is 1. The van der Waals surface area contributed by atoms with E-state index in [1.165, 1.54) is 25.3 Å². The molecule has 4 rings (SSSR count). The van der Waals surface area contributed by atoms with Crippen molar-refractivity contribution in [3.05, 3.63) is 95.7 Å². The Morgan fingerprint density at radius 1 is 1.19 bits per heavy atom. The Morgan fingerprint density at radius 3 is 2.63 bits per heavy atom. The first-order chi connectivity index (χ1) is 20.7. The highest BCUT2D eigenvalue weighted by Crippen LogP contribution is 2.37. The summed E-state index contributed by atoms with van der Waals surface area (Å²) in [6.07, 6.45) is 6.62. The number of pyridine rings is 2. The molecule has 2 heterocycles. The van der Waals surface area contributed by atoms with Gasteiger partial charge in [-0.3, -0.25) is 24.4 Å². The average molecular weight is 580 g/mol. The number of carbonyl (C=O) groups is 3. The van der Waals surface area contributed by atoms with E-state index in [0.29, 0.717) is 39.5 Å². The summed E-state index contributed by atoms with van der Waals surface area (Å²) >= 11 is 0. The van der Waals surface area contributed by atoms with Gasteiger partial charge in [0.1, 0.15) is 11.4 Å². The van der Waals surface area contributed by atoms with Gasteiger partial charge in [-0.1, -0.05) is 24.8 Å². The quantitative estimate of drug-likeness (QED) is 0.218. The molecule has 1 aromatic carbocycles. The van der Waals surface area contributed by atoms with Crippen molar-refractivity contribution in [2.24, 2.45) is 5.92 Å². The van der Waals surface area contributed by atoms with Crippen LogP contribution in [-0.2, 0) is 16.1 Å². The van der Waals surface area contributed by atoms with E-state index in [9.17, 15) is 14.4 Å². The number of methoxy groups -OCH3 is 1. The molecule has 43 heavy (non-hydrogen) atoms. The highest BCUT2D eigenvalue weighted by molar-refractivity contribution is 5.98. The molecule has 220 valence electrons. The Kier molecular flexibility index (Phi) is 9.85. The molecule has 11 nitrogen and oxygen atoms in total. The minimum absolute atomic E-state index is 0.00813. The monoisotopic (exact) mass is 579 g/mol. The first-order valence-corrected chi connectivity index (χ1v) is 13.7. The first kappa shape index (κ1) is 30.5. The summed E-state index contributed by atoms with van der Waals surface area (Å²) in [7, 11) is 4.70. The third-order valence-corrected chi connectivity index (χ3v) is 6.83. The molecule has 0 saturated heterocycles. The number of nitrogens with zero attached hydrogens (tertiary/aromatic N) is 4. The highest BCUT2D eigenvalue weighted by Gasteiger charge is 2.29. The van der Waals surface area contributed by atoms with E-state index < -0.39 is 0 Å². The van der Waals surface area contributed by atoms with Crippen LogP contribution in [0.3, 0.4) is 0 Å². The Morgan fingerprint density at radius 2 is 1.98 bits per heavy atom. The summed E-state index contributed by atoms with van der Waals surface area (Å²) in [5, 5.41) is 17.8. The fourth-order valence-corrected chi connectivity index (χ4v) is 4.32. The lowest BCUT2D eigenvalue weighted by Crippen LogP contribution is -2.27. The number of hydrogen-bond acceptors (Lipinski definition) is 8. The van der Waals surface area contributed by atoms with Crippen molar-refractivity contribution in [1.82, 2.24) is 25.5 Å². The second-order valence-electron chi connectivity index (χ2n) is 9.95. The minimum atomic E-state index is -0.370. The van der Waals surface area contributed by atoms with Crippen molar-refractivity contribution >= 4 is 23.4 Å². The lowest BCUT2D eigenvalue weighted by atomic mass is 10.0. The van der Waals surface area contributed by atoms with Crippen LogP contribution in [0.4, 0.5) is 5.69 Å². The molecule has 1 saturated carbocycles. The van der Waals surface area contributed by atoms with Gasteiger partial charge < -0.3 is 25.6 Å². The largest absolute Gasteiger partial charge is 0.494 e. The normalized spacial score (nSPS) is 12.5. The number of para-hydroxylation sites is 1. The Hall–Kier alpha value is -5.50. The lowest BCUT2D eigenvalue weighted by molar-refractivity contribution is -0.122. The van der Waals surface area contributed by atoms with Crippen molar-refractivity contribution in [1.29, 1.82) is 5.26 Å². The van der Waals surface area contributed by atoms with E-state index in [0.717, 1.165) is 12.8 Å². The van der Waals surface area contributed by atoms with Gasteiger partial charge in [0.05, 0.1) is 42.2 Å². The van der Waals surface area contributed by atoms with Crippen molar-refractivity contribution in [3.8, 4) is 22.9 Å². The average Bonchev–Trinajstić information content (AvgIpc) is 3.89. The number of benzene rings is 1. The van der Waals surface area contributed by atoms with Gasteiger partial charge in [-0.2, -0.15) is 5.26 Å². The van der Waals surface area contributed by atoms with Gasteiger partial charge >= 0.3 is 0 Å². The Bertz CT molecular complexity index is 1600. The maximum Gasteiger partial charge on any atom is 0.272 e. The second kappa shape index (κ2) is 13.9. The second-order valence-corrected chi connectivity index (χ2v) is 9.95.